The molecule has 1 fully saturated rings. The number of pyridine rings is 1. The van der Waals surface area contributed by atoms with Crippen LogP contribution >= 0.6 is 24.0 Å². The van der Waals surface area contributed by atoms with Crippen LogP contribution in [0.5, 0.6) is 5.75 Å². The number of aromatic nitrogens is 1. The molecule has 4 rings (SSSR count). The fourth-order valence-corrected chi connectivity index (χ4v) is 5.49. The number of aliphatic carboxylic acids is 1. The third kappa shape index (κ3) is 8.26. The number of aliphatic hydroxyl groups is 1. The van der Waals surface area contributed by atoms with Crippen molar-refractivity contribution in [1.29, 1.82) is 0 Å². The minimum Gasteiger partial charge on any atom is -0.492 e. The Kier molecular flexibility index (Phi) is 12.4. The third-order valence-corrected chi connectivity index (χ3v) is 8.39. The molecule has 0 atom stereocenters. The molecule has 1 amide bonds. The van der Waals surface area contributed by atoms with E-state index in [4.69, 9.17) is 21.3 Å². The summed E-state index contributed by atoms with van der Waals surface area (Å²) < 4.78 is 6.06. The van der Waals surface area contributed by atoms with Crippen molar-refractivity contribution >= 4 is 35.9 Å². The number of halogens is 2. The molecule has 1 heterocycles. The zero-order valence-electron chi connectivity index (χ0n) is 24.9. The number of aliphatic hydroxyl groups excluding tert-OH is 1. The van der Waals surface area contributed by atoms with Crippen molar-refractivity contribution in [1.82, 2.24) is 15.2 Å². The van der Waals surface area contributed by atoms with Gasteiger partial charge in [0.25, 0.3) is 5.91 Å². The maximum Gasteiger partial charge on any atom is 0.329 e. The van der Waals surface area contributed by atoms with Crippen molar-refractivity contribution in [3.63, 3.8) is 0 Å². The summed E-state index contributed by atoms with van der Waals surface area (Å²) in [4.78, 5) is 32.7. The molecule has 2 aromatic carbocycles. The van der Waals surface area contributed by atoms with Gasteiger partial charge in [-0.1, -0.05) is 55.8 Å². The van der Waals surface area contributed by atoms with E-state index in [0.717, 1.165) is 48.2 Å². The molecule has 3 N–H and O–H groups in total. The summed E-state index contributed by atoms with van der Waals surface area (Å²) >= 11 is 6.51. The summed E-state index contributed by atoms with van der Waals surface area (Å²) in [6, 6.07) is 17.0. The Hall–Kier alpha value is -3.17. The van der Waals surface area contributed by atoms with Gasteiger partial charge in [-0.2, -0.15) is 0 Å². The molecule has 0 unspecified atom stereocenters. The number of nitrogens with one attached hydrogen (secondary N) is 1. The van der Waals surface area contributed by atoms with Crippen LogP contribution in [0.15, 0.2) is 54.6 Å². The van der Waals surface area contributed by atoms with E-state index < -0.39 is 23.5 Å². The molecule has 8 nitrogen and oxygen atoms in total. The lowest BCUT2D eigenvalue weighted by Crippen LogP contribution is -2.57. The summed E-state index contributed by atoms with van der Waals surface area (Å²) in [7, 11) is 2.06. The van der Waals surface area contributed by atoms with E-state index in [-0.39, 0.29) is 30.9 Å². The first-order valence-corrected chi connectivity index (χ1v) is 15.0. The zero-order chi connectivity index (χ0) is 30.3. The molecular weight excluding hydrogens is 589 g/mol. The predicted molar refractivity (Wildman–Crippen MR) is 172 cm³/mol. The van der Waals surface area contributed by atoms with Gasteiger partial charge in [-0.3, -0.25) is 4.79 Å². The number of carbonyl (C=O) groups is 2. The lowest BCUT2D eigenvalue weighted by Gasteiger charge is -2.35. The van der Waals surface area contributed by atoms with Crippen molar-refractivity contribution in [3.8, 4) is 28.1 Å². The van der Waals surface area contributed by atoms with Crippen LogP contribution in [-0.4, -0.2) is 70.4 Å². The highest BCUT2D eigenvalue weighted by molar-refractivity contribution is 6.32. The largest absolute Gasteiger partial charge is 0.492 e. The molecule has 43 heavy (non-hydrogen) atoms. The van der Waals surface area contributed by atoms with Crippen LogP contribution in [0.4, 0.5) is 0 Å². The molecule has 232 valence electrons. The maximum absolute atomic E-state index is 13.5. The molecule has 1 saturated carbocycles. The number of carboxylic acids is 1. The molecule has 1 aromatic heterocycles. The molecular formula is C33H41Cl2N3O5. The molecule has 0 aliphatic heterocycles. The van der Waals surface area contributed by atoms with Gasteiger partial charge >= 0.3 is 5.97 Å². The molecule has 0 bridgehead atoms. The van der Waals surface area contributed by atoms with E-state index in [2.05, 4.69) is 37.2 Å². The quantitative estimate of drug-likeness (QED) is 0.203. The summed E-state index contributed by atoms with van der Waals surface area (Å²) in [5.41, 5.74) is 2.93. The number of aryl methyl sites for hydroxylation is 1. The number of amides is 1. The summed E-state index contributed by atoms with van der Waals surface area (Å²) in [5, 5.41) is 23.1. The highest BCUT2D eigenvalue weighted by Crippen LogP contribution is 2.37. The normalized spacial score (nSPS) is 18.1. The third-order valence-electron chi connectivity index (χ3n) is 8.07. The maximum atomic E-state index is 13.5. The van der Waals surface area contributed by atoms with E-state index >= 15 is 0 Å². The van der Waals surface area contributed by atoms with Crippen LogP contribution in [0.3, 0.4) is 0 Å². The summed E-state index contributed by atoms with van der Waals surface area (Å²) in [6.45, 7) is 6.56. The second-order valence-corrected chi connectivity index (χ2v) is 11.3. The van der Waals surface area contributed by atoms with Crippen LogP contribution < -0.4 is 10.1 Å². The van der Waals surface area contributed by atoms with Gasteiger partial charge in [0.1, 0.15) is 17.0 Å². The van der Waals surface area contributed by atoms with E-state index in [9.17, 15) is 19.8 Å². The van der Waals surface area contributed by atoms with Crippen molar-refractivity contribution in [2.24, 2.45) is 0 Å². The Morgan fingerprint density at radius 3 is 2.49 bits per heavy atom. The monoisotopic (exact) mass is 629 g/mol. The van der Waals surface area contributed by atoms with Crippen LogP contribution in [0.1, 0.15) is 62.0 Å². The van der Waals surface area contributed by atoms with Gasteiger partial charge in [-0.25, -0.2) is 9.78 Å². The van der Waals surface area contributed by atoms with Crippen molar-refractivity contribution < 1.29 is 24.5 Å². The topological polar surface area (TPSA) is 112 Å². The van der Waals surface area contributed by atoms with Gasteiger partial charge in [0.15, 0.2) is 0 Å². The van der Waals surface area contributed by atoms with E-state index in [1.54, 1.807) is 12.1 Å². The second-order valence-electron chi connectivity index (χ2n) is 10.9. The average molecular weight is 631 g/mol. The summed E-state index contributed by atoms with van der Waals surface area (Å²) in [5.74, 6) is -1.15. The number of carbonyl (C=O) groups excluding carboxylic acids is 1. The van der Waals surface area contributed by atoms with Gasteiger partial charge in [0.05, 0.1) is 23.4 Å². The number of nitrogens with zero attached hydrogens (tertiary/aromatic N) is 2. The van der Waals surface area contributed by atoms with Crippen molar-refractivity contribution in [2.45, 2.75) is 64.0 Å². The fourth-order valence-electron chi connectivity index (χ4n) is 5.32. The van der Waals surface area contributed by atoms with Crippen LogP contribution in [-0.2, 0) is 11.2 Å². The first-order valence-electron chi connectivity index (χ1n) is 14.6. The Balaban J connectivity index is 0.00000506. The molecule has 3 aromatic rings. The molecule has 1 aliphatic carbocycles. The van der Waals surface area contributed by atoms with Gasteiger partial charge < -0.3 is 25.2 Å². The molecule has 0 saturated heterocycles. The highest BCUT2D eigenvalue weighted by Gasteiger charge is 2.43. The first-order chi connectivity index (χ1) is 20.2. The van der Waals surface area contributed by atoms with Gasteiger partial charge in [-0.15, -0.1) is 12.4 Å². The number of benzene rings is 2. The first kappa shape index (κ1) is 34.3. The minimum absolute atomic E-state index is 0. The van der Waals surface area contributed by atoms with E-state index in [1.807, 2.05) is 36.4 Å². The Labute approximate surface area is 264 Å². The van der Waals surface area contributed by atoms with Gasteiger partial charge in [-0.05, 0) is 87.5 Å². The number of hydrogen-bond donors (Lipinski definition) is 3. The Morgan fingerprint density at radius 1 is 1.09 bits per heavy atom. The van der Waals surface area contributed by atoms with Gasteiger partial charge in [0, 0.05) is 17.7 Å². The number of hydrogen-bond acceptors (Lipinski definition) is 6. The minimum atomic E-state index is -1.45. The summed E-state index contributed by atoms with van der Waals surface area (Å²) in [6.07, 6.45) is 2.00. The molecule has 10 heteroatoms. The zero-order valence-corrected chi connectivity index (χ0v) is 26.5. The number of carboxylic acid groups (broad SMARTS) is 1. The molecule has 0 spiro atoms. The molecule has 1 aliphatic rings. The second kappa shape index (κ2) is 15.5. The van der Waals surface area contributed by atoms with Crippen LogP contribution in [0.25, 0.3) is 22.4 Å². The van der Waals surface area contributed by atoms with Crippen LogP contribution in [0, 0.1) is 0 Å². The highest BCUT2D eigenvalue weighted by atomic mass is 35.5. The standard InChI is InChI=1S/C33H40ClN3O5.ClH/c1-4-22-9-6-7-10-25(22)26-12-14-28(31(39)36-33(32(40)41)17-15-24(38)16-18-33)35-30(26)23-11-13-27(34)29(21-23)42-20-8-19-37(3)5-2;/h6-7,9-14,21,24,38H,4-5,8,15-20H2,1-3H3,(H,36,39)(H,40,41);1H. The Bertz CT molecular complexity index is 1410. The number of ether oxygens (including phenoxy) is 1. The smallest absolute Gasteiger partial charge is 0.329 e. The lowest BCUT2D eigenvalue weighted by atomic mass is 9.80. The van der Waals surface area contributed by atoms with Crippen molar-refractivity contribution in [2.75, 3.05) is 26.7 Å². The number of rotatable bonds is 12. The lowest BCUT2D eigenvalue weighted by molar-refractivity contribution is -0.146. The van der Waals surface area contributed by atoms with Gasteiger partial charge in [0.2, 0.25) is 0 Å². The predicted octanol–water partition coefficient (Wildman–Crippen LogP) is 6.26. The molecule has 0 radical (unpaired) electrons. The average Bonchev–Trinajstić information content (AvgIpc) is 3.00. The van der Waals surface area contributed by atoms with E-state index in [0.29, 0.717) is 35.9 Å². The van der Waals surface area contributed by atoms with Crippen molar-refractivity contribution in [3.05, 3.63) is 70.9 Å². The fraction of sp³-hybridized carbons (Fsp3) is 0.424. The van der Waals surface area contributed by atoms with Crippen LogP contribution in [0.2, 0.25) is 5.02 Å². The Morgan fingerprint density at radius 2 is 1.81 bits per heavy atom. The van der Waals surface area contributed by atoms with E-state index in [1.165, 1.54) is 0 Å². The SMILES string of the molecule is CCc1ccccc1-c1ccc(C(=O)NC2(C(=O)O)CCC(O)CC2)nc1-c1ccc(Cl)c(OCCCN(C)CC)c1.Cl.